The van der Waals surface area contributed by atoms with Gasteiger partial charge in [-0.3, -0.25) is 9.59 Å². The maximum Gasteiger partial charge on any atom is 0.249 e. The van der Waals surface area contributed by atoms with E-state index in [9.17, 15) is 14.7 Å². The minimum atomic E-state index is -1.26. The third kappa shape index (κ3) is 4.21. The van der Waals surface area contributed by atoms with E-state index in [4.69, 9.17) is 18.6 Å². The van der Waals surface area contributed by atoms with Crippen molar-refractivity contribution in [1.29, 1.82) is 0 Å². The average molecular weight is 598 g/mol. The van der Waals surface area contributed by atoms with Crippen LogP contribution >= 0.6 is 0 Å². The van der Waals surface area contributed by atoms with Crippen LogP contribution in [0.4, 0.5) is 5.69 Å². The quantitative estimate of drug-likeness (QED) is 0.268. The maximum absolute atomic E-state index is 13.9. The molecule has 4 aromatic rings. The average Bonchev–Trinajstić information content (AvgIpc) is 3.75. The number of rotatable bonds is 5. The van der Waals surface area contributed by atoms with Crippen LogP contribution in [0.1, 0.15) is 67.8 Å². The Balaban J connectivity index is 1.48. The molecule has 2 aromatic carbocycles. The number of oxazole rings is 2. The summed E-state index contributed by atoms with van der Waals surface area (Å²) in [7, 11) is 0. The van der Waals surface area contributed by atoms with Crippen molar-refractivity contribution in [3.8, 4) is 17.3 Å². The Bertz CT molecular complexity index is 1780. The second kappa shape index (κ2) is 10.2. The molecule has 0 radical (unpaired) electrons. The minimum absolute atomic E-state index is 0.138. The molecule has 11 nitrogen and oxygen atoms in total. The number of amides is 2. The van der Waals surface area contributed by atoms with Crippen molar-refractivity contribution in [2.75, 3.05) is 5.32 Å². The molecule has 5 atom stereocenters. The Labute approximate surface area is 254 Å². The van der Waals surface area contributed by atoms with Crippen LogP contribution in [-0.2, 0) is 21.4 Å². The first-order chi connectivity index (χ1) is 21.1. The van der Waals surface area contributed by atoms with Crippen LogP contribution in [0, 0.1) is 18.8 Å². The molecule has 4 bridgehead atoms. The monoisotopic (exact) mass is 597 g/mol. The highest BCUT2D eigenvalue weighted by Crippen LogP contribution is 2.59. The lowest BCUT2D eigenvalue weighted by molar-refractivity contribution is -0.135. The molecule has 11 heteroatoms. The first kappa shape index (κ1) is 28.1. The number of carbonyl (C=O) groups excluding carboxylic acids is 2. The molecular formula is C33H35N5O6. The van der Waals surface area contributed by atoms with E-state index in [0.29, 0.717) is 28.8 Å². The molecule has 2 amide bonds. The number of carbonyl (C=O) groups is 2. The van der Waals surface area contributed by atoms with Gasteiger partial charge in [-0.2, -0.15) is 0 Å². The van der Waals surface area contributed by atoms with Crippen molar-refractivity contribution in [2.24, 2.45) is 11.8 Å². The van der Waals surface area contributed by atoms with Crippen LogP contribution < -0.4 is 20.7 Å². The van der Waals surface area contributed by atoms with Crippen molar-refractivity contribution in [3.63, 3.8) is 0 Å². The van der Waals surface area contributed by atoms with Gasteiger partial charge in [-0.15, -0.1) is 0 Å². The summed E-state index contributed by atoms with van der Waals surface area (Å²) < 4.78 is 19.2. The molecular weight excluding hydrogens is 562 g/mol. The number of fused-ring (bicyclic) bond motifs is 4. The molecule has 0 saturated heterocycles. The minimum Gasteiger partial charge on any atom is -0.469 e. The number of nitrogens with zero attached hydrogens (tertiary/aromatic N) is 2. The molecule has 2 aromatic heterocycles. The van der Waals surface area contributed by atoms with Gasteiger partial charge in [0.15, 0.2) is 17.7 Å². The smallest absolute Gasteiger partial charge is 0.249 e. The summed E-state index contributed by atoms with van der Waals surface area (Å²) in [4.78, 5) is 36.5. The number of hydrogen-bond donors (Lipinski definition) is 4. The molecule has 228 valence electrons. The van der Waals surface area contributed by atoms with E-state index in [-0.39, 0.29) is 24.1 Å². The second-order valence-corrected chi connectivity index (χ2v) is 12.5. The zero-order valence-electron chi connectivity index (χ0n) is 25.2. The van der Waals surface area contributed by atoms with Gasteiger partial charge >= 0.3 is 0 Å². The SMILES string of the molecule is Cc1coc(-c2nc3oc2C24c5ccccc5NC2Oc2ccc(cc24)CC(NC(=O)[C@@H](O)C(C)C)C(=O)N[C@H]3C(C)C)n1. The fourth-order valence-electron chi connectivity index (χ4n) is 6.47. The van der Waals surface area contributed by atoms with Crippen LogP contribution in [-0.4, -0.2) is 45.3 Å². The summed E-state index contributed by atoms with van der Waals surface area (Å²) in [6.07, 6.45) is -0.0682. The molecule has 0 fully saturated rings. The number of nitrogens with one attached hydrogen (secondary N) is 3. The highest BCUT2D eigenvalue weighted by molar-refractivity contribution is 5.90. The maximum atomic E-state index is 13.9. The van der Waals surface area contributed by atoms with Gasteiger partial charge in [0.05, 0.1) is 5.69 Å². The Kier molecular flexibility index (Phi) is 6.54. The normalized spacial score (nSPS) is 24.0. The molecule has 3 unspecified atom stereocenters. The van der Waals surface area contributed by atoms with Crippen molar-refractivity contribution in [3.05, 3.63) is 82.8 Å². The Morgan fingerprint density at radius 1 is 1.09 bits per heavy atom. The molecule has 3 aliphatic rings. The number of ether oxygens (including phenoxy) is 1. The summed E-state index contributed by atoms with van der Waals surface area (Å²) in [6.45, 7) is 9.25. The number of benzene rings is 2. The number of hydrogen-bond acceptors (Lipinski definition) is 9. The fourth-order valence-corrected chi connectivity index (χ4v) is 6.47. The summed E-state index contributed by atoms with van der Waals surface area (Å²) in [5, 5.41) is 19.9. The lowest BCUT2D eigenvalue weighted by atomic mass is 9.72. The number of anilines is 1. The second-order valence-electron chi connectivity index (χ2n) is 12.5. The topological polar surface area (TPSA) is 152 Å². The zero-order valence-corrected chi connectivity index (χ0v) is 25.2. The lowest BCUT2D eigenvalue weighted by Gasteiger charge is -2.29. The fraction of sp³-hybridized carbons (Fsp3) is 0.394. The third-order valence-electron chi connectivity index (χ3n) is 8.77. The zero-order chi connectivity index (χ0) is 30.9. The lowest BCUT2D eigenvalue weighted by Crippen LogP contribution is -2.52. The van der Waals surface area contributed by atoms with Gasteiger partial charge in [-0.25, -0.2) is 9.97 Å². The van der Waals surface area contributed by atoms with Gasteiger partial charge in [-0.1, -0.05) is 58.0 Å². The standard InChI is InChI=1S/C33H35N5O6/c1-15(2)24-31-38-25(30-34-17(5)14-42-30)27(44-31)33-19-8-6-7-9-21(19)36-32(33)43-23-11-10-18(12-20(23)33)13-22(28(40)37-24)35-29(41)26(39)16(3)4/h6-12,14-16,22,24,26,32,36,39H,13H2,1-5H3,(H,35,41)(H,37,40)/t22?,24-,26-,32?,33?/m0/s1. The number of aliphatic hydroxyl groups is 1. The highest BCUT2D eigenvalue weighted by Gasteiger charge is 2.61. The van der Waals surface area contributed by atoms with Crippen LogP contribution in [0.25, 0.3) is 11.6 Å². The largest absolute Gasteiger partial charge is 0.469 e. The van der Waals surface area contributed by atoms with Gasteiger partial charge in [0.2, 0.25) is 23.6 Å². The summed E-state index contributed by atoms with van der Waals surface area (Å²) in [6, 6.07) is 12.1. The van der Waals surface area contributed by atoms with Gasteiger partial charge in [0.1, 0.15) is 35.6 Å². The molecule has 44 heavy (non-hydrogen) atoms. The molecule has 0 aliphatic carbocycles. The third-order valence-corrected chi connectivity index (χ3v) is 8.77. The predicted octanol–water partition coefficient (Wildman–Crippen LogP) is 3.99. The van der Waals surface area contributed by atoms with Gasteiger partial charge in [0, 0.05) is 17.7 Å². The molecule has 0 saturated carbocycles. The summed E-state index contributed by atoms with van der Waals surface area (Å²) in [5.74, 6) is 0.252. The van der Waals surface area contributed by atoms with E-state index < -0.39 is 41.6 Å². The molecule has 7 rings (SSSR count). The van der Waals surface area contributed by atoms with Gasteiger partial charge in [0.25, 0.3) is 0 Å². The Morgan fingerprint density at radius 2 is 1.89 bits per heavy atom. The first-order valence-corrected chi connectivity index (χ1v) is 15.0. The van der Waals surface area contributed by atoms with E-state index in [2.05, 4.69) is 20.9 Å². The predicted molar refractivity (Wildman–Crippen MR) is 160 cm³/mol. The number of para-hydroxylation sites is 1. The van der Waals surface area contributed by atoms with E-state index in [1.807, 2.05) is 63.2 Å². The van der Waals surface area contributed by atoms with Gasteiger partial charge in [-0.05, 0) is 42.0 Å². The van der Waals surface area contributed by atoms with Gasteiger partial charge < -0.3 is 34.6 Å². The van der Waals surface area contributed by atoms with E-state index >= 15 is 0 Å². The van der Waals surface area contributed by atoms with E-state index in [1.54, 1.807) is 20.1 Å². The first-order valence-electron chi connectivity index (χ1n) is 15.0. The van der Waals surface area contributed by atoms with Crippen molar-refractivity contribution in [2.45, 2.75) is 70.9 Å². The van der Waals surface area contributed by atoms with Crippen molar-refractivity contribution < 1.29 is 28.3 Å². The number of aromatic nitrogens is 2. The van der Waals surface area contributed by atoms with Crippen LogP contribution in [0.2, 0.25) is 0 Å². The highest BCUT2D eigenvalue weighted by atomic mass is 16.5. The Morgan fingerprint density at radius 3 is 2.61 bits per heavy atom. The molecule has 4 N–H and O–H groups in total. The van der Waals surface area contributed by atoms with Crippen molar-refractivity contribution >= 4 is 17.5 Å². The number of aliphatic hydroxyl groups excluding tert-OH is 1. The van der Waals surface area contributed by atoms with Crippen LogP contribution in [0.3, 0.4) is 0 Å². The summed E-state index contributed by atoms with van der Waals surface area (Å²) >= 11 is 0. The Hall–Kier alpha value is -4.64. The summed E-state index contributed by atoms with van der Waals surface area (Å²) in [5.41, 5.74) is 3.61. The van der Waals surface area contributed by atoms with E-state index in [1.165, 1.54) is 0 Å². The number of aryl methyl sites for hydroxylation is 1. The molecule has 1 spiro atoms. The molecule has 3 aliphatic heterocycles. The van der Waals surface area contributed by atoms with E-state index in [0.717, 1.165) is 22.4 Å². The van der Waals surface area contributed by atoms with Crippen LogP contribution in [0.15, 0.2) is 57.6 Å². The molecule has 5 heterocycles. The van der Waals surface area contributed by atoms with Crippen molar-refractivity contribution in [1.82, 2.24) is 20.6 Å². The van der Waals surface area contributed by atoms with Crippen LogP contribution in [0.5, 0.6) is 5.75 Å².